The summed E-state index contributed by atoms with van der Waals surface area (Å²) in [6.07, 6.45) is 0. The minimum Gasteiger partial charge on any atom is -0.496 e. The molecule has 7 nitrogen and oxygen atoms in total. The molecule has 0 saturated heterocycles. The van der Waals surface area contributed by atoms with Gasteiger partial charge in [-0.25, -0.2) is 0 Å². The average molecular weight is 460 g/mol. The van der Waals surface area contributed by atoms with Gasteiger partial charge in [0.25, 0.3) is 11.8 Å². The van der Waals surface area contributed by atoms with Crippen LogP contribution in [0, 0.1) is 6.92 Å². The highest BCUT2D eigenvalue weighted by molar-refractivity contribution is 7.80. The minimum atomic E-state index is -0.372. The third kappa shape index (κ3) is 5.02. The Hall–Kier alpha value is -4.17. The van der Waals surface area contributed by atoms with Crippen LogP contribution in [0.3, 0.4) is 0 Å². The fourth-order valence-corrected chi connectivity index (χ4v) is 3.57. The Kier molecular flexibility index (Phi) is 6.37. The van der Waals surface area contributed by atoms with Gasteiger partial charge in [-0.1, -0.05) is 30.3 Å². The summed E-state index contributed by atoms with van der Waals surface area (Å²) < 4.78 is 10.9. The Bertz CT molecular complexity index is 1310. The standard InChI is InChI=1S/C25H21N3O4S/c1-15-6-5-8-19(22(15)31-2)23(29)28-25(33)27-18-12-10-17(11-13-18)26-24(30)21-14-16-7-3-4-9-20(16)32-21/h3-14H,1-2H3,(H,26,30)(H2,27,28,29,33). The van der Waals surface area contributed by atoms with Crippen molar-refractivity contribution in [3.8, 4) is 5.75 Å². The van der Waals surface area contributed by atoms with Gasteiger partial charge in [0, 0.05) is 16.8 Å². The van der Waals surface area contributed by atoms with Crippen LogP contribution in [0.5, 0.6) is 5.75 Å². The number of benzene rings is 3. The van der Waals surface area contributed by atoms with Gasteiger partial charge in [-0.2, -0.15) is 0 Å². The van der Waals surface area contributed by atoms with E-state index in [-0.39, 0.29) is 22.7 Å². The molecule has 1 aromatic heterocycles. The van der Waals surface area contributed by atoms with E-state index in [2.05, 4.69) is 16.0 Å². The van der Waals surface area contributed by atoms with E-state index in [1.807, 2.05) is 37.3 Å². The summed E-state index contributed by atoms with van der Waals surface area (Å²) >= 11 is 5.26. The second-order valence-corrected chi connectivity index (χ2v) is 7.65. The zero-order valence-electron chi connectivity index (χ0n) is 18.0. The second kappa shape index (κ2) is 9.54. The van der Waals surface area contributed by atoms with Crippen molar-refractivity contribution in [2.45, 2.75) is 6.92 Å². The molecule has 2 amide bonds. The molecule has 0 aliphatic carbocycles. The molecule has 4 aromatic rings. The molecule has 0 atom stereocenters. The summed E-state index contributed by atoms with van der Waals surface area (Å²) in [4.78, 5) is 25.1. The van der Waals surface area contributed by atoms with E-state index in [0.29, 0.717) is 28.3 Å². The number of nitrogens with one attached hydrogen (secondary N) is 3. The van der Waals surface area contributed by atoms with Gasteiger partial charge in [0.05, 0.1) is 12.7 Å². The molecular weight excluding hydrogens is 438 g/mol. The Morgan fingerprint density at radius 3 is 2.27 bits per heavy atom. The maximum Gasteiger partial charge on any atom is 0.291 e. The lowest BCUT2D eigenvalue weighted by Crippen LogP contribution is -2.34. The second-order valence-electron chi connectivity index (χ2n) is 7.24. The summed E-state index contributed by atoms with van der Waals surface area (Å²) in [6.45, 7) is 1.86. The Balaban J connectivity index is 1.36. The number of rotatable bonds is 5. The number of carbonyl (C=O) groups excluding carboxylic acids is 2. The lowest BCUT2D eigenvalue weighted by Gasteiger charge is -2.13. The van der Waals surface area contributed by atoms with Crippen molar-refractivity contribution in [1.82, 2.24) is 5.32 Å². The van der Waals surface area contributed by atoms with E-state index in [1.165, 1.54) is 7.11 Å². The van der Waals surface area contributed by atoms with Crippen LogP contribution in [0.15, 0.2) is 77.2 Å². The number of aryl methyl sites for hydroxylation is 1. The van der Waals surface area contributed by atoms with Gasteiger partial charge in [-0.15, -0.1) is 0 Å². The van der Waals surface area contributed by atoms with Crippen LogP contribution in [-0.2, 0) is 0 Å². The number of thiocarbonyl (C=S) groups is 1. The van der Waals surface area contributed by atoms with Crippen molar-refractivity contribution in [2.75, 3.05) is 17.7 Å². The van der Waals surface area contributed by atoms with Gasteiger partial charge in [0.2, 0.25) is 0 Å². The van der Waals surface area contributed by atoms with Crippen LogP contribution in [0.25, 0.3) is 11.0 Å². The lowest BCUT2D eigenvalue weighted by molar-refractivity contribution is 0.0972. The first kappa shape index (κ1) is 22.0. The van der Waals surface area contributed by atoms with Crippen molar-refractivity contribution in [2.24, 2.45) is 0 Å². The molecule has 1 heterocycles. The molecule has 0 bridgehead atoms. The third-order valence-electron chi connectivity index (χ3n) is 4.94. The van der Waals surface area contributed by atoms with Gasteiger partial charge in [-0.05, 0) is 67.2 Å². The van der Waals surface area contributed by atoms with Crippen LogP contribution >= 0.6 is 12.2 Å². The van der Waals surface area contributed by atoms with E-state index in [1.54, 1.807) is 42.5 Å². The van der Waals surface area contributed by atoms with Gasteiger partial charge in [0.15, 0.2) is 10.9 Å². The normalized spacial score (nSPS) is 10.5. The highest BCUT2D eigenvalue weighted by Gasteiger charge is 2.15. The average Bonchev–Trinajstić information content (AvgIpc) is 3.24. The van der Waals surface area contributed by atoms with E-state index in [0.717, 1.165) is 10.9 Å². The number of para-hydroxylation sites is 2. The van der Waals surface area contributed by atoms with Crippen LogP contribution in [-0.4, -0.2) is 24.0 Å². The lowest BCUT2D eigenvalue weighted by atomic mass is 10.1. The van der Waals surface area contributed by atoms with Gasteiger partial charge >= 0.3 is 0 Å². The quantitative estimate of drug-likeness (QED) is 0.359. The molecule has 0 spiro atoms. The smallest absolute Gasteiger partial charge is 0.291 e. The number of amides is 2. The minimum absolute atomic E-state index is 0.141. The number of carbonyl (C=O) groups is 2. The first-order valence-corrected chi connectivity index (χ1v) is 10.5. The molecule has 0 saturated carbocycles. The molecular formula is C25H21N3O4S. The molecule has 8 heteroatoms. The molecule has 4 rings (SSSR count). The van der Waals surface area contributed by atoms with E-state index < -0.39 is 0 Å². The van der Waals surface area contributed by atoms with Gasteiger partial charge in [-0.3, -0.25) is 14.9 Å². The molecule has 166 valence electrons. The molecule has 0 radical (unpaired) electrons. The monoisotopic (exact) mass is 459 g/mol. The molecule has 0 fully saturated rings. The summed E-state index contributed by atoms with van der Waals surface area (Å²) in [5, 5.41) is 9.40. The molecule has 3 N–H and O–H groups in total. The van der Waals surface area contributed by atoms with Crippen molar-refractivity contribution >= 4 is 51.5 Å². The maximum atomic E-state index is 12.6. The predicted molar refractivity (Wildman–Crippen MR) is 132 cm³/mol. The highest BCUT2D eigenvalue weighted by atomic mass is 32.1. The fraction of sp³-hybridized carbons (Fsp3) is 0.0800. The topological polar surface area (TPSA) is 92.6 Å². The number of methoxy groups -OCH3 is 1. The van der Waals surface area contributed by atoms with Crippen LogP contribution < -0.4 is 20.7 Å². The summed E-state index contributed by atoms with van der Waals surface area (Å²) in [7, 11) is 1.52. The molecule has 0 aliphatic rings. The van der Waals surface area contributed by atoms with Crippen LogP contribution in [0.4, 0.5) is 11.4 Å². The zero-order valence-corrected chi connectivity index (χ0v) is 18.8. The number of ether oxygens (including phenoxy) is 1. The Labute approximate surface area is 195 Å². The van der Waals surface area contributed by atoms with Gasteiger partial charge < -0.3 is 19.8 Å². The molecule has 3 aromatic carbocycles. The third-order valence-corrected chi connectivity index (χ3v) is 5.14. The summed E-state index contributed by atoms with van der Waals surface area (Å²) in [6, 6.07) is 21.3. The zero-order chi connectivity index (χ0) is 23.4. The van der Waals surface area contributed by atoms with E-state index >= 15 is 0 Å². The Morgan fingerprint density at radius 1 is 0.879 bits per heavy atom. The summed E-state index contributed by atoms with van der Waals surface area (Å²) in [5.74, 6) is 0.0146. The maximum absolute atomic E-state index is 12.6. The first-order chi connectivity index (χ1) is 15.9. The first-order valence-electron chi connectivity index (χ1n) is 10.1. The SMILES string of the molecule is COc1c(C)cccc1C(=O)NC(=S)Nc1ccc(NC(=O)c2cc3ccccc3o2)cc1. The number of anilines is 2. The fourth-order valence-electron chi connectivity index (χ4n) is 3.36. The van der Waals surface area contributed by atoms with Crippen molar-refractivity contribution in [3.63, 3.8) is 0 Å². The van der Waals surface area contributed by atoms with Crippen LogP contribution in [0.2, 0.25) is 0 Å². The number of furan rings is 1. The largest absolute Gasteiger partial charge is 0.496 e. The molecule has 0 unspecified atom stereocenters. The number of hydrogen-bond donors (Lipinski definition) is 3. The van der Waals surface area contributed by atoms with Crippen molar-refractivity contribution in [3.05, 3.63) is 89.7 Å². The van der Waals surface area contributed by atoms with E-state index in [9.17, 15) is 9.59 Å². The highest BCUT2D eigenvalue weighted by Crippen LogP contribution is 2.23. The predicted octanol–water partition coefficient (Wildman–Crippen LogP) is 5.13. The molecule has 0 aliphatic heterocycles. The van der Waals surface area contributed by atoms with Gasteiger partial charge in [0.1, 0.15) is 11.3 Å². The van der Waals surface area contributed by atoms with Crippen molar-refractivity contribution in [1.29, 1.82) is 0 Å². The van der Waals surface area contributed by atoms with Crippen LogP contribution in [0.1, 0.15) is 26.5 Å². The number of hydrogen-bond acceptors (Lipinski definition) is 5. The number of fused-ring (bicyclic) bond motifs is 1. The Morgan fingerprint density at radius 2 is 1.58 bits per heavy atom. The van der Waals surface area contributed by atoms with Crippen molar-refractivity contribution < 1.29 is 18.7 Å². The van der Waals surface area contributed by atoms with E-state index in [4.69, 9.17) is 21.4 Å². The molecule has 33 heavy (non-hydrogen) atoms. The summed E-state index contributed by atoms with van der Waals surface area (Å²) in [5.41, 5.74) is 3.14.